The number of H-pyrrole nitrogens is 1. The van der Waals surface area contributed by atoms with E-state index in [4.69, 9.17) is 0 Å². The van der Waals surface area contributed by atoms with Crippen LogP contribution in [0.2, 0.25) is 0 Å². The van der Waals surface area contributed by atoms with Gasteiger partial charge in [-0.25, -0.2) is 4.79 Å². The lowest BCUT2D eigenvalue weighted by Crippen LogP contribution is -2.48. The van der Waals surface area contributed by atoms with Crippen LogP contribution in [0.3, 0.4) is 0 Å². The summed E-state index contributed by atoms with van der Waals surface area (Å²) < 4.78 is 1.88. The van der Waals surface area contributed by atoms with Crippen molar-refractivity contribution in [3.8, 4) is 0 Å². The number of hydrogen-bond donors (Lipinski definition) is 1. The lowest BCUT2D eigenvalue weighted by atomic mass is 9.92. The molecule has 6 rings (SSSR count). The van der Waals surface area contributed by atoms with E-state index in [1.807, 2.05) is 28.8 Å². The molecule has 2 aliphatic rings. The summed E-state index contributed by atoms with van der Waals surface area (Å²) in [5.41, 5.74) is 7.88. The zero-order valence-electron chi connectivity index (χ0n) is 19.6. The Kier molecular flexibility index (Phi) is 5.81. The molecule has 0 spiro atoms. The molecular weight excluding hydrogens is 420 g/mol. The van der Waals surface area contributed by atoms with Crippen molar-refractivity contribution in [1.29, 1.82) is 0 Å². The van der Waals surface area contributed by atoms with Crippen LogP contribution in [0, 0.1) is 0 Å². The molecule has 5 heteroatoms. The molecule has 0 amide bonds. The Bertz CT molecular complexity index is 1300. The Morgan fingerprint density at radius 3 is 2.06 bits per heavy atom. The van der Waals surface area contributed by atoms with Gasteiger partial charge in [0.2, 0.25) is 0 Å². The first-order valence-electron chi connectivity index (χ1n) is 12.6. The number of fused-ring (bicyclic) bond motifs is 3. The molecule has 1 aliphatic heterocycles. The lowest BCUT2D eigenvalue weighted by molar-refractivity contribution is 0.107. The number of aryl methyl sites for hydroxylation is 3. The molecule has 1 saturated heterocycles. The minimum Gasteiger partial charge on any atom is -0.306 e. The molecule has 0 bridgehead atoms. The molecule has 3 aromatic carbocycles. The highest BCUT2D eigenvalue weighted by molar-refractivity contribution is 5.74. The summed E-state index contributed by atoms with van der Waals surface area (Å²) in [7, 11) is 0. The topological polar surface area (TPSA) is 44.3 Å². The monoisotopic (exact) mass is 452 g/mol. The summed E-state index contributed by atoms with van der Waals surface area (Å²) >= 11 is 0. The number of aromatic amines is 1. The maximum atomic E-state index is 12.4. The smallest absolute Gasteiger partial charge is 0.306 e. The summed E-state index contributed by atoms with van der Waals surface area (Å²) in [5.74, 6) is 0. The quantitative estimate of drug-likeness (QED) is 0.493. The van der Waals surface area contributed by atoms with Crippen LogP contribution in [-0.4, -0.2) is 52.1 Å². The number of imidazole rings is 1. The van der Waals surface area contributed by atoms with E-state index in [1.165, 1.54) is 22.3 Å². The van der Waals surface area contributed by atoms with E-state index in [1.54, 1.807) is 0 Å². The van der Waals surface area contributed by atoms with Gasteiger partial charge >= 0.3 is 5.69 Å². The number of hydrogen-bond acceptors (Lipinski definition) is 3. The summed E-state index contributed by atoms with van der Waals surface area (Å²) in [5, 5.41) is 0. The predicted octanol–water partition coefficient (Wildman–Crippen LogP) is 4.23. The van der Waals surface area contributed by atoms with Crippen LogP contribution in [0.4, 0.5) is 0 Å². The third-order valence-electron chi connectivity index (χ3n) is 7.67. The number of para-hydroxylation sites is 2. The molecule has 1 N–H and O–H groups in total. The van der Waals surface area contributed by atoms with Crippen molar-refractivity contribution in [3.63, 3.8) is 0 Å². The van der Waals surface area contributed by atoms with Crippen LogP contribution < -0.4 is 5.69 Å². The average molecular weight is 453 g/mol. The maximum absolute atomic E-state index is 12.4. The Hall–Kier alpha value is -3.15. The Morgan fingerprint density at radius 1 is 0.735 bits per heavy atom. The second-order valence-corrected chi connectivity index (χ2v) is 9.63. The van der Waals surface area contributed by atoms with Crippen molar-refractivity contribution in [2.24, 2.45) is 0 Å². The van der Waals surface area contributed by atoms with E-state index in [-0.39, 0.29) is 5.69 Å². The highest BCUT2D eigenvalue weighted by atomic mass is 16.1. The van der Waals surface area contributed by atoms with Gasteiger partial charge in [0, 0.05) is 32.7 Å². The first-order valence-corrected chi connectivity index (χ1v) is 12.6. The number of nitrogens with one attached hydrogen (secondary N) is 1. The highest BCUT2D eigenvalue weighted by Gasteiger charge is 2.30. The summed E-state index contributed by atoms with van der Waals surface area (Å²) in [6, 6.07) is 26.4. The molecule has 0 atom stereocenters. The van der Waals surface area contributed by atoms with Crippen molar-refractivity contribution >= 4 is 11.0 Å². The van der Waals surface area contributed by atoms with Crippen molar-refractivity contribution in [2.45, 2.75) is 31.8 Å². The normalized spacial score (nSPS) is 17.4. The van der Waals surface area contributed by atoms with Crippen LogP contribution in [-0.2, 0) is 19.4 Å². The van der Waals surface area contributed by atoms with E-state index >= 15 is 0 Å². The van der Waals surface area contributed by atoms with Gasteiger partial charge in [0.1, 0.15) is 0 Å². The van der Waals surface area contributed by atoms with Gasteiger partial charge in [-0.15, -0.1) is 0 Å². The highest BCUT2D eigenvalue weighted by Crippen LogP contribution is 2.37. The van der Waals surface area contributed by atoms with Crippen LogP contribution >= 0.6 is 0 Å². The molecule has 0 saturated carbocycles. The van der Waals surface area contributed by atoms with E-state index < -0.39 is 0 Å². The summed E-state index contributed by atoms with van der Waals surface area (Å²) in [6.07, 6.45) is 3.23. The molecular formula is C29H32N4O. The molecule has 0 unspecified atom stereocenters. The third-order valence-corrected chi connectivity index (χ3v) is 7.67. The van der Waals surface area contributed by atoms with Gasteiger partial charge in [0.05, 0.1) is 17.1 Å². The molecule has 5 nitrogen and oxygen atoms in total. The Labute approximate surface area is 200 Å². The predicted molar refractivity (Wildman–Crippen MR) is 137 cm³/mol. The fourth-order valence-electron chi connectivity index (χ4n) is 5.91. The van der Waals surface area contributed by atoms with Gasteiger partial charge in [-0.3, -0.25) is 9.47 Å². The van der Waals surface area contributed by atoms with E-state index in [0.717, 1.165) is 69.6 Å². The largest absolute Gasteiger partial charge is 0.326 e. The zero-order chi connectivity index (χ0) is 22.9. The second kappa shape index (κ2) is 9.24. The van der Waals surface area contributed by atoms with Crippen LogP contribution in [0.25, 0.3) is 11.0 Å². The first-order chi connectivity index (χ1) is 16.8. The second-order valence-electron chi connectivity index (χ2n) is 9.63. The number of benzene rings is 3. The van der Waals surface area contributed by atoms with Gasteiger partial charge < -0.3 is 9.88 Å². The van der Waals surface area contributed by atoms with Crippen LogP contribution in [0.5, 0.6) is 0 Å². The molecule has 1 aromatic heterocycles. The van der Waals surface area contributed by atoms with Crippen molar-refractivity contribution in [2.75, 3.05) is 32.7 Å². The fraction of sp³-hybridized carbons (Fsp3) is 0.345. The van der Waals surface area contributed by atoms with E-state index in [9.17, 15) is 4.79 Å². The third kappa shape index (κ3) is 3.99. The van der Waals surface area contributed by atoms with E-state index in [2.05, 4.69) is 63.3 Å². The minimum atomic E-state index is -0.00304. The van der Waals surface area contributed by atoms with Gasteiger partial charge in [-0.2, -0.15) is 0 Å². The van der Waals surface area contributed by atoms with Gasteiger partial charge in [-0.05, 0) is 60.2 Å². The standard InChI is InChI=1S/C29H32N4O/c34-29-30-26-12-5-6-13-27(26)33(29)17-7-16-31-18-20-32(21-19-31)28-24-10-3-1-8-22(24)14-15-23-9-2-4-11-25(23)28/h1-6,8-13,28H,7,14-21H2,(H,30,34). The Morgan fingerprint density at radius 2 is 1.35 bits per heavy atom. The van der Waals surface area contributed by atoms with Crippen LogP contribution in [0.15, 0.2) is 77.6 Å². The number of rotatable bonds is 5. The fourth-order valence-corrected chi connectivity index (χ4v) is 5.91. The molecule has 0 radical (unpaired) electrons. The SMILES string of the molecule is O=c1[nH]c2ccccc2n1CCCN1CCN(C2c3ccccc3CCc3ccccc32)CC1. The summed E-state index contributed by atoms with van der Waals surface area (Å²) in [4.78, 5) is 20.6. The molecule has 1 aliphatic carbocycles. The number of piperazine rings is 1. The average Bonchev–Trinajstić information content (AvgIpc) is 3.09. The summed E-state index contributed by atoms with van der Waals surface area (Å²) in [6.45, 7) is 6.07. The molecule has 2 heterocycles. The van der Waals surface area contributed by atoms with Gasteiger partial charge in [-0.1, -0.05) is 60.7 Å². The van der Waals surface area contributed by atoms with Gasteiger partial charge in [0.15, 0.2) is 0 Å². The van der Waals surface area contributed by atoms with Crippen molar-refractivity contribution < 1.29 is 0 Å². The number of nitrogens with zero attached hydrogens (tertiary/aromatic N) is 3. The molecule has 34 heavy (non-hydrogen) atoms. The lowest BCUT2D eigenvalue weighted by Gasteiger charge is -2.40. The Balaban J connectivity index is 1.13. The minimum absolute atomic E-state index is 0.00304. The maximum Gasteiger partial charge on any atom is 0.326 e. The number of aromatic nitrogens is 2. The zero-order valence-corrected chi connectivity index (χ0v) is 19.6. The molecule has 4 aromatic rings. The molecule has 1 fully saturated rings. The van der Waals surface area contributed by atoms with Crippen molar-refractivity contribution in [3.05, 3.63) is 106 Å². The van der Waals surface area contributed by atoms with Crippen molar-refractivity contribution in [1.82, 2.24) is 19.4 Å². The van der Waals surface area contributed by atoms with E-state index in [0.29, 0.717) is 6.04 Å². The van der Waals surface area contributed by atoms with Crippen LogP contribution in [0.1, 0.15) is 34.7 Å². The molecule has 174 valence electrons. The van der Waals surface area contributed by atoms with Gasteiger partial charge in [0.25, 0.3) is 0 Å². The first kappa shape index (κ1) is 21.4.